The fraction of sp³-hybridized carbons (Fsp3) is 0.212. The molecule has 4 heterocycles. The molecule has 198 valence electrons. The van der Waals surface area contributed by atoms with Crippen LogP contribution in [0.25, 0.3) is 34.0 Å². The minimum absolute atomic E-state index is 0.526. The lowest BCUT2D eigenvalue weighted by atomic mass is 10.0. The van der Waals surface area contributed by atoms with E-state index < -0.39 is 0 Å². The van der Waals surface area contributed by atoms with Crippen LogP contribution in [0.4, 0.5) is 11.4 Å². The smallest absolute Gasteiger partial charge is 0.201 e. The Labute approximate surface area is 234 Å². The molecule has 2 aliphatic heterocycles. The van der Waals surface area contributed by atoms with Gasteiger partial charge in [-0.1, -0.05) is 72.8 Å². The molecule has 5 aromatic rings. The number of hydrogen-bond donors (Lipinski definition) is 1. The van der Waals surface area contributed by atoms with Crippen molar-refractivity contribution >= 4 is 11.4 Å². The van der Waals surface area contributed by atoms with E-state index in [0.29, 0.717) is 17.6 Å². The van der Waals surface area contributed by atoms with Gasteiger partial charge < -0.3 is 10.2 Å². The number of rotatable bonds is 6. The molecule has 7 rings (SSSR count). The highest BCUT2D eigenvalue weighted by Crippen LogP contribution is 2.35. The van der Waals surface area contributed by atoms with Crippen LogP contribution in [0, 0.1) is 0 Å². The molecule has 0 unspecified atom stereocenters. The fourth-order valence-corrected chi connectivity index (χ4v) is 5.79. The third kappa shape index (κ3) is 4.92. The standard InChI is InChI=1S/C33H31N7/c1-2-8-25(9-3-1)32-31(36-33(38-37-32)29-11-6-7-19-34-29)26-15-13-24(14-16-26)22-39-20-17-27(18-21-39)40-23-35-28-10-4-5-12-30(28)40/h1-16,19,27,35H,17-18,20-23H2. The van der Waals surface area contributed by atoms with Crippen LogP contribution in [0.1, 0.15) is 18.4 Å². The molecular weight excluding hydrogens is 494 g/mol. The number of para-hydroxylation sites is 2. The summed E-state index contributed by atoms with van der Waals surface area (Å²) in [5.41, 5.74) is 8.22. The minimum atomic E-state index is 0.526. The highest BCUT2D eigenvalue weighted by atomic mass is 15.3. The summed E-state index contributed by atoms with van der Waals surface area (Å²) in [5, 5.41) is 12.6. The van der Waals surface area contributed by atoms with Gasteiger partial charge >= 0.3 is 0 Å². The van der Waals surface area contributed by atoms with Crippen molar-refractivity contribution in [1.29, 1.82) is 0 Å². The second kappa shape index (κ2) is 10.9. The number of aromatic nitrogens is 4. The molecule has 0 bridgehead atoms. The molecule has 0 saturated carbocycles. The van der Waals surface area contributed by atoms with Gasteiger partial charge in [0, 0.05) is 43.0 Å². The number of anilines is 2. The number of likely N-dealkylation sites (tertiary alicyclic amines) is 1. The van der Waals surface area contributed by atoms with Crippen LogP contribution < -0.4 is 10.2 Å². The molecule has 1 fully saturated rings. The number of hydrogen-bond acceptors (Lipinski definition) is 7. The zero-order valence-corrected chi connectivity index (χ0v) is 22.3. The number of nitrogens with one attached hydrogen (secondary N) is 1. The molecule has 0 atom stereocenters. The molecule has 2 aromatic heterocycles. The van der Waals surface area contributed by atoms with Gasteiger partial charge in [0.25, 0.3) is 0 Å². The van der Waals surface area contributed by atoms with Crippen molar-refractivity contribution in [3.63, 3.8) is 0 Å². The number of pyridine rings is 1. The van der Waals surface area contributed by atoms with Crippen LogP contribution in [-0.4, -0.2) is 50.9 Å². The third-order valence-corrected chi connectivity index (χ3v) is 7.91. The second-order valence-corrected chi connectivity index (χ2v) is 10.4. The van der Waals surface area contributed by atoms with E-state index in [-0.39, 0.29) is 0 Å². The Kier molecular flexibility index (Phi) is 6.63. The van der Waals surface area contributed by atoms with Crippen molar-refractivity contribution in [2.75, 3.05) is 30.0 Å². The number of fused-ring (bicyclic) bond motifs is 1. The number of nitrogens with zero attached hydrogens (tertiary/aromatic N) is 6. The molecule has 7 nitrogen and oxygen atoms in total. The van der Waals surface area contributed by atoms with Crippen LogP contribution in [0.3, 0.4) is 0 Å². The summed E-state index contributed by atoms with van der Waals surface area (Å²) in [7, 11) is 0. The van der Waals surface area contributed by atoms with Gasteiger partial charge in [-0.3, -0.25) is 9.88 Å². The number of benzene rings is 3. The molecule has 1 saturated heterocycles. The fourth-order valence-electron chi connectivity index (χ4n) is 5.79. The summed E-state index contributed by atoms with van der Waals surface area (Å²) in [6, 6.07) is 33.9. The predicted octanol–water partition coefficient (Wildman–Crippen LogP) is 6.12. The van der Waals surface area contributed by atoms with Crippen molar-refractivity contribution in [2.45, 2.75) is 25.4 Å². The lowest BCUT2D eigenvalue weighted by Gasteiger charge is -2.37. The Morgan fingerprint density at radius 1 is 0.725 bits per heavy atom. The van der Waals surface area contributed by atoms with Gasteiger partial charge in [-0.15, -0.1) is 10.2 Å². The van der Waals surface area contributed by atoms with Crippen molar-refractivity contribution in [3.05, 3.63) is 109 Å². The van der Waals surface area contributed by atoms with E-state index in [4.69, 9.17) is 4.98 Å². The highest BCUT2D eigenvalue weighted by Gasteiger charge is 2.29. The van der Waals surface area contributed by atoms with E-state index in [1.165, 1.54) is 29.8 Å². The first-order valence-electron chi connectivity index (χ1n) is 13.9. The molecule has 40 heavy (non-hydrogen) atoms. The average Bonchev–Trinajstić information content (AvgIpc) is 3.47. The normalized spacial score (nSPS) is 15.6. The first kappa shape index (κ1) is 24.4. The van der Waals surface area contributed by atoms with Crippen molar-refractivity contribution in [1.82, 2.24) is 25.1 Å². The van der Waals surface area contributed by atoms with E-state index in [1.807, 2.05) is 48.5 Å². The monoisotopic (exact) mass is 525 g/mol. The first-order valence-corrected chi connectivity index (χ1v) is 13.9. The molecule has 1 N–H and O–H groups in total. The summed E-state index contributed by atoms with van der Waals surface area (Å²) < 4.78 is 0. The maximum Gasteiger partial charge on any atom is 0.201 e. The lowest BCUT2D eigenvalue weighted by Crippen LogP contribution is -2.44. The van der Waals surface area contributed by atoms with E-state index in [1.54, 1.807) is 6.20 Å². The highest BCUT2D eigenvalue weighted by molar-refractivity contribution is 5.78. The largest absolute Gasteiger partial charge is 0.366 e. The molecule has 0 radical (unpaired) electrons. The predicted molar refractivity (Wildman–Crippen MR) is 160 cm³/mol. The average molecular weight is 526 g/mol. The van der Waals surface area contributed by atoms with Gasteiger partial charge in [0.05, 0.1) is 18.0 Å². The zero-order valence-electron chi connectivity index (χ0n) is 22.3. The van der Waals surface area contributed by atoms with Gasteiger partial charge in [0.2, 0.25) is 5.82 Å². The summed E-state index contributed by atoms with van der Waals surface area (Å²) >= 11 is 0. The van der Waals surface area contributed by atoms with Crippen molar-refractivity contribution in [3.8, 4) is 34.0 Å². The Morgan fingerprint density at radius 3 is 2.27 bits per heavy atom. The molecular formula is C33H31N7. The zero-order chi connectivity index (χ0) is 26.7. The summed E-state index contributed by atoms with van der Waals surface area (Å²) in [5.74, 6) is 0.526. The molecule has 0 spiro atoms. The van der Waals surface area contributed by atoms with Crippen molar-refractivity contribution in [2.24, 2.45) is 0 Å². The number of piperidine rings is 1. The summed E-state index contributed by atoms with van der Waals surface area (Å²) in [6.45, 7) is 4.07. The topological polar surface area (TPSA) is 70.1 Å². The van der Waals surface area contributed by atoms with Crippen molar-refractivity contribution < 1.29 is 0 Å². The SMILES string of the molecule is c1ccc(-c2nnc(-c3ccccn3)nc2-c2ccc(CN3CCC(N4CNc5ccccc54)CC3)cc2)cc1. The van der Waals surface area contributed by atoms with Gasteiger partial charge in [0.15, 0.2) is 0 Å². The van der Waals surface area contributed by atoms with Crippen LogP contribution in [0.2, 0.25) is 0 Å². The molecule has 2 aliphatic rings. The van der Waals surface area contributed by atoms with Crippen LogP contribution in [0.15, 0.2) is 103 Å². The van der Waals surface area contributed by atoms with Gasteiger partial charge in [0.1, 0.15) is 17.1 Å². The van der Waals surface area contributed by atoms with Crippen LogP contribution in [0.5, 0.6) is 0 Å². The van der Waals surface area contributed by atoms with E-state index in [9.17, 15) is 0 Å². The Bertz CT molecular complexity index is 1580. The summed E-state index contributed by atoms with van der Waals surface area (Å²) in [4.78, 5) is 14.5. The van der Waals surface area contributed by atoms with Gasteiger partial charge in [-0.05, 0) is 42.7 Å². The quantitative estimate of drug-likeness (QED) is 0.286. The second-order valence-electron chi connectivity index (χ2n) is 10.4. The molecule has 3 aromatic carbocycles. The first-order chi connectivity index (χ1) is 19.8. The van der Waals surface area contributed by atoms with Gasteiger partial charge in [-0.25, -0.2) is 4.98 Å². The van der Waals surface area contributed by atoms with Gasteiger partial charge in [-0.2, -0.15) is 0 Å². The van der Waals surface area contributed by atoms with Crippen LogP contribution in [-0.2, 0) is 6.54 Å². The van der Waals surface area contributed by atoms with E-state index in [2.05, 4.69) is 78.8 Å². The molecule has 0 aliphatic carbocycles. The Balaban J connectivity index is 1.07. The Hall–Kier alpha value is -4.62. The lowest BCUT2D eigenvalue weighted by molar-refractivity contribution is 0.202. The maximum absolute atomic E-state index is 4.94. The molecule has 0 amide bonds. The van der Waals surface area contributed by atoms with E-state index >= 15 is 0 Å². The minimum Gasteiger partial charge on any atom is -0.366 e. The van der Waals surface area contributed by atoms with Crippen LogP contribution >= 0.6 is 0 Å². The summed E-state index contributed by atoms with van der Waals surface area (Å²) in [6.07, 6.45) is 4.11. The molecule has 7 heteroatoms. The maximum atomic E-state index is 4.94. The van der Waals surface area contributed by atoms with E-state index in [0.717, 1.165) is 48.8 Å². The Morgan fingerprint density at radius 2 is 1.48 bits per heavy atom. The third-order valence-electron chi connectivity index (χ3n) is 7.91.